The van der Waals surface area contributed by atoms with Crippen LogP contribution in [-0.4, -0.2) is 48.7 Å². The minimum Gasteiger partial charge on any atom is -0.481 e. The van der Waals surface area contributed by atoms with E-state index in [1.54, 1.807) is 7.11 Å². The van der Waals surface area contributed by atoms with Gasteiger partial charge in [0.05, 0.1) is 5.41 Å². The van der Waals surface area contributed by atoms with Gasteiger partial charge in [0.15, 0.2) is 0 Å². The van der Waals surface area contributed by atoms with Crippen molar-refractivity contribution in [3.63, 3.8) is 0 Å². The molecule has 1 atom stereocenters. The van der Waals surface area contributed by atoms with Crippen LogP contribution in [0, 0.1) is 11.3 Å². The third kappa shape index (κ3) is 3.76. The molecule has 21 heavy (non-hydrogen) atoms. The second kappa shape index (κ2) is 7.25. The third-order valence-electron chi connectivity index (χ3n) is 5.05. The number of hydrogen-bond donors (Lipinski definition) is 1. The zero-order chi connectivity index (χ0) is 15.3. The third-order valence-corrected chi connectivity index (χ3v) is 5.05. The minimum atomic E-state index is -0.773. The lowest BCUT2D eigenvalue weighted by Gasteiger charge is -2.41. The summed E-state index contributed by atoms with van der Waals surface area (Å²) < 4.78 is 5.04. The van der Waals surface area contributed by atoms with Gasteiger partial charge in [0, 0.05) is 32.7 Å². The quantitative estimate of drug-likeness (QED) is 0.764. The summed E-state index contributed by atoms with van der Waals surface area (Å²) in [4.78, 5) is 26.2. The van der Waals surface area contributed by atoms with Gasteiger partial charge in [-0.1, -0.05) is 12.8 Å². The van der Waals surface area contributed by atoms with E-state index >= 15 is 0 Å². The zero-order valence-corrected chi connectivity index (χ0v) is 13.0. The fourth-order valence-electron chi connectivity index (χ4n) is 3.79. The molecule has 2 fully saturated rings. The van der Waals surface area contributed by atoms with Crippen molar-refractivity contribution in [2.75, 3.05) is 26.8 Å². The molecule has 1 aliphatic carbocycles. The van der Waals surface area contributed by atoms with Crippen LogP contribution in [0.3, 0.4) is 0 Å². The number of rotatable bonds is 6. The minimum absolute atomic E-state index is 0.133. The Morgan fingerprint density at radius 2 is 2.00 bits per heavy atom. The molecular formula is C16H27NO4. The molecule has 1 aliphatic heterocycles. The normalized spacial score (nSPS) is 27.0. The second-order valence-corrected chi connectivity index (χ2v) is 6.53. The average molecular weight is 297 g/mol. The van der Waals surface area contributed by atoms with Crippen molar-refractivity contribution in [3.8, 4) is 0 Å². The SMILES string of the molecule is COCCC[C@@]1(C(=O)O)CCCN(C(=O)C2CCCC2)C1. The summed E-state index contributed by atoms with van der Waals surface area (Å²) in [6.07, 6.45) is 6.97. The molecule has 120 valence electrons. The molecule has 0 aromatic heterocycles. The van der Waals surface area contributed by atoms with E-state index in [2.05, 4.69) is 0 Å². The topological polar surface area (TPSA) is 66.8 Å². The molecule has 0 bridgehead atoms. The van der Waals surface area contributed by atoms with Crippen molar-refractivity contribution in [2.24, 2.45) is 11.3 Å². The number of ether oxygens (including phenoxy) is 1. The Kier molecular flexibility index (Phi) is 5.62. The lowest BCUT2D eigenvalue weighted by molar-refractivity contribution is -0.156. The first-order valence-corrected chi connectivity index (χ1v) is 8.10. The number of amides is 1. The molecule has 1 saturated heterocycles. The van der Waals surface area contributed by atoms with Crippen molar-refractivity contribution >= 4 is 11.9 Å². The zero-order valence-electron chi connectivity index (χ0n) is 13.0. The van der Waals surface area contributed by atoms with Gasteiger partial charge >= 0.3 is 5.97 Å². The highest BCUT2D eigenvalue weighted by Crippen LogP contribution is 2.37. The largest absolute Gasteiger partial charge is 0.481 e. The number of likely N-dealkylation sites (tertiary alicyclic amines) is 1. The summed E-state index contributed by atoms with van der Waals surface area (Å²) in [5.74, 6) is -0.444. The van der Waals surface area contributed by atoms with E-state index in [1.165, 1.54) is 0 Å². The van der Waals surface area contributed by atoms with E-state index in [0.29, 0.717) is 32.5 Å². The summed E-state index contributed by atoms with van der Waals surface area (Å²) in [5, 5.41) is 9.67. The number of aliphatic carboxylic acids is 1. The Morgan fingerprint density at radius 3 is 2.62 bits per heavy atom. The van der Waals surface area contributed by atoms with Crippen molar-refractivity contribution in [3.05, 3.63) is 0 Å². The van der Waals surface area contributed by atoms with Gasteiger partial charge in [-0.15, -0.1) is 0 Å². The summed E-state index contributed by atoms with van der Waals surface area (Å²) in [6.45, 7) is 1.67. The number of carbonyl (C=O) groups is 2. The summed E-state index contributed by atoms with van der Waals surface area (Å²) >= 11 is 0. The van der Waals surface area contributed by atoms with Gasteiger partial charge in [-0.2, -0.15) is 0 Å². The van der Waals surface area contributed by atoms with Crippen molar-refractivity contribution in [1.82, 2.24) is 4.90 Å². The fourth-order valence-corrected chi connectivity index (χ4v) is 3.79. The van der Waals surface area contributed by atoms with E-state index in [-0.39, 0.29) is 11.8 Å². The molecule has 0 unspecified atom stereocenters. The second-order valence-electron chi connectivity index (χ2n) is 6.53. The lowest BCUT2D eigenvalue weighted by atomic mass is 9.76. The van der Waals surface area contributed by atoms with Crippen LogP contribution < -0.4 is 0 Å². The van der Waals surface area contributed by atoms with Crippen LogP contribution in [0.15, 0.2) is 0 Å². The Hall–Kier alpha value is -1.10. The van der Waals surface area contributed by atoms with Gasteiger partial charge in [0.2, 0.25) is 5.91 Å². The predicted molar refractivity (Wildman–Crippen MR) is 79.0 cm³/mol. The number of hydrogen-bond acceptors (Lipinski definition) is 3. The van der Waals surface area contributed by atoms with E-state index in [0.717, 1.165) is 38.5 Å². The summed E-state index contributed by atoms with van der Waals surface area (Å²) in [6, 6.07) is 0. The van der Waals surface area contributed by atoms with E-state index in [4.69, 9.17) is 4.74 Å². The van der Waals surface area contributed by atoms with E-state index in [9.17, 15) is 14.7 Å². The maximum Gasteiger partial charge on any atom is 0.311 e. The molecule has 0 aromatic rings. The average Bonchev–Trinajstić information content (AvgIpc) is 3.01. The van der Waals surface area contributed by atoms with Gasteiger partial charge in [-0.25, -0.2) is 0 Å². The number of piperidine rings is 1. The highest BCUT2D eigenvalue weighted by molar-refractivity contribution is 5.81. The first-order valence-electron chi connectivity index (χ1n) is 8.10. The maximum atomic E-state index is 12.5. The molecule has 2 aliphatic rings. The van der Waals surface area contributed by atoms with Gasteiger partial charge in [-0.3, -0.25) is 9.59 Å². The van der Waals surface area contributed by atoms with Crippen molar-refractivity contribution < 1.29 is 19.4 Å². The van der Waals surface area contributed by atoms with Crippen LogP contribution in [0.5, 0.6) is 0 Å². The standard InChI is InChI=1S/C16H27NO4/c1-21-11-5-9-16(15(19)20)8-4-10-17(12-16)14(18)13-6-2-3-7-13/h13H,2-12H2,1H3,(H,19,20)/t16-/m0/s1. The monoisotopic (exact) mass is 297 g/mol. The molecule has 0 radical (unpaired) electrons. The molecule has 1 N–H and O–H groups in total. The van der Waals surface area contributed by atoms with E-state index < -0.39 is 11.4 Å². The molecular weight excluding hydrogens is 270 g/mol. The van der Waals surface area contributed by atoms with Crippen LogP contribution in [0.4, 0.5) is 0 Å². The number of carboxylic acids is 1. The molecule has 1 amide bonds. The first-order chi connectivity index (χ1) is 10.1. The van der Waals surface area contributed by atoms with Gasteiger partial charge in [-0.05, 0) is 38.5 Å². The van der Waals surface area contributed by atoms with Gasteiger partial charge < -0.3 is 14.7 Å². The van der Waals surface area contributed by atoms with Crippen LogP contribution in [0.1, 0.15) is 51.4 Å². The molecule has 0 spiro atoms. The Morgan fingerprint density at radius 1 is 1.29 bits per heavy atom. The van der Waals surface area contributed by atoms with Crippen LogP contribution in [0.25, 0.3) is 0 Å². The number of methoxy groups -OCH3 is 1. The highest BCUT2D eigenvalue weighted by atomic mass is 16.5. The first kappa shape index (κ1) is 16.3. The Labute approximate surface area is 126 Å². The van der Waals surface area contributed by atoms with Crippen LogP contribution >= 0.6 is 0 Å². The van der Waals surface area contributed by atoms with Crippen LogP contribution in [-0.2, 0) is 14.3 Å². The van der Waals surface area contributed by atoms with Gasteiger partial charge in [0.1, 0.15) is 0 Å². The molecule has 1 saturated carbocycles. The molecule has 5 heteroatoms. The number of nitrogens with zero attached hydrogens (tertiary/aromatic N) is 1. The van der Waals surface area contributed by atoms with Crippen LogP contribution in [0.2, 0.25) is 0 Å². The lowest BCUT2D eigenvalue weighted by Crippen LogP contribution is -2.51. The number of carboxylic acid groups (broad SMARTS) is 1. The Balaban J connectivity index is 2.01. The molecule has 2 rings (SSSR count). The predicted octanol–water partition coefficient (Wildman–Crippen LogP) is 2.30. The van der Waals surface area contributed by atoms with E-state index in [1.807, 2.05) is 4.90 Å². The maximum absolute atomic E-state index is 12.5. The van der Waals surface area contributed by atoms with Crippen molar-refractivity contribution in [1.29, 1.82) is 0 Å². The molecule has 0 aromatic carbocycles. The number of carbonyl (C=O) groups excluding carboxylic acids is 1. The summed E-state index contributed by atoms with van der Waals surface area (Å²) in [7, 11) is 1.63. The van der Waals surface area contributed by atoms with Crippen molar-refractivity contribution in [2.45, 2.75) is 51.4 Å². The summed E-state index contributed by atoms with van der Waals surface area (Å²) in [5.41, 5.74) is -0.773. The molecule has 5 nitrogen and oxygen atoms in total. The van der Waals surface area contributed by atoms with Gasteiger partial charge in [0.25, 0.3) is 0 Å². The smallest absolute Gasteiger partial charge is 0.311 e. The highest BCUT2D eigenvalue weighted by Gasteiger charge is 2.44. The fraction of sp³-hybridized carbons (Fsp3) is 0.875. The molecule has 1 heterocycles. The Bertz CT molecular complexity index is 378.